The van der Waals surface area contributed by atoms with Crippen molar-refractivity contribution in [2.24, 2.45) is 11.8 Å². The zero-order chi connectivity index (χ0) is 28.5. The van der Waals surface area contributed by atoms with Crippen LogP contribution in [0.4, 0.5) is 28.6 Å². The van der Waals surface area contributed by atoms with Gasteiger partial charge in [-0.15, -0.1) is 0 Å². The molecule has 2 aliphatic carbocycles. The van der Waals surface area contributed by atoms with Gasteiger partial charge in [0.2, 0.25) is 0 Å². The van der Waals surface area contributed by atoms with Crippen molar-refractivity contribution in [3.63, 3.8) is 0 Å². The van der Waals surface area contributed by atoms with Crippen molar-refractivity contribution in [2.45, 2.75) is 38.5 Å². The van der Waals surface area contributed by atoms with Gasteiger partial charge in [-0.1, -0.05) is 35.9 Å². The molecule has 204 valence electrons. The Morgan fingerprint density at radius 3 is 2.17 bits per heavy atom. The summed E-state index contributed by atoms with van der Waals surface area (Å²) in [5, 5.41) is 3.90. The smallest absolute Gasteiger partial charge is 0.187 e. The van der Waals surface area contributed by atoms with Gasteiger partial charge in [-0.05, 0) is 85.8 Å². The van der Waals surface area contributed by atoms with Gasteiger partial charge in [0.15, 0.2) is 11.4 Å². The molecule has 0 bridgehead atoms. The first-order valence-corrected chi connectivity index (χ1v) is 14.1. The highest BCUT2D eigenvalue weighted by Crippen LogP contribution is 2.56. The number of nitrogens with one attached hydrogen (secondary N) is 1. The van der Waals surface area contributed by atoms with Gasteiger partial charge in [-0.3, -0.25) is 0 Å². The van der Waals surface area contributed by atoms with Crippen molar-refractivity contribution >= 4 is 40.2 Å². The first kappa shape index (κ1) is 26.7. The molecule has 1 N–H and O–H groups in total. The molecule has 8 nitrogen and oxygen atoms in total. The molecule has 41 heavy (non-hydrogen) atoms. The first-order chi connectivity index (χ1) is 19.9. The van der Waals surface area contributed by atoms with E-state index in [4.69, 9.17) is 24.7 Å². The van der Waals surface area contributed by atoms with Crippen LogP contribution in [0.2, 0.25) is 5.15 Å². The summed E-state index contributed by atoms with van der Waals surface area (Å²) in [6.45, 7) is 20.0. The summed E-state index contributed by atoms with van der Waals surface area (Å²) in [4.78, 5) is 25.7. The fourth-order valence-corrected chi connectivity index (χ4v) is 5.92. The molecule has 2 saturated carbocycles. The van der Waals surface area contributed by atoms with Crippen LogP contribution in [0.25, 0.3) is 9.69 Å². The summed E-state index contributed by atoms with van der Waals surface area (Å²) in [6, 6.07) is 15.6. The van der Waals surface area contributed by atoms with Crippen LogP contribution in [-0.4, -0.2) is 33.0 Å². The summed E-state index contributed by atoms with van der Waals surface area (Å²) >= 11 is 5.49. The van der Waals surface area contributed by atoms with Crippen molar-refractivity contribution in [1.82, 2.24) is 19.9 Å². The van der Waals surface area contributed by atoms with Crippen molar-refractivity contribution in [3.8, 4) is 0 Å². The van der Waals surface area contributed by atoms with Crippen LogP contribution in [0.5, 0.6) is 0 Å². The minimum Gasteiger partial charge on any atom is -0.385 e. The lowest BCUT2D eigenvalue weighted by Crippen LogP contribution is -2.25. The normalized spacial score (nSPS) is 21.7. The maximum Gasteiger partial charge on any atom is 0.187 e. The van der Waals surface area contributed by atoms with E-state index in [-0.39, 0.29) is 0 Å². The monoisotopic (exact) mass is 560 g/mol. The van der Waals surface area contributed by atoms with Crippen LogP contribution < -0.4 is 10.2 Å². The highest BCUT2D eigenvalue weighted by atomic mass is 35.5. The van der Waals surface area contributed by atoms with E-state index < -0.39 is 0 Å². The largest absolute Gasteiger partial charge is 0.385 e. The van der Waals surface area contributed by atoms with E-state index in [1.54, 1.807) is 19.2 Å². The molecule has 0 amide bonds. The topological polar surface area (TPSA) is 75.6 Å². The maximum atomic E-state index is 7.17. The molecule has 8 rings (SSSR count). The second kappa shape index (κ2) is 11.2. The zero-order valence-corrected chi connectivity index (χ0v) is 23.7. The molecule has 4 unspecified atom stereocenters. The van der Waals surface area contributed by atoms with Crippen LogP contribution in [0.1, 0.15) is 47.5 Å². The van der Waals surface area contributed by atoms with Crippen LogP contribution >= 0.6 is 11.6 Å². The molecule has 2 aromatic heterocycles. The second-order valence-electron chi connectivity index (χ2n) is 10.8. The van der Waals surface area contributed by atoms with Crippen molar-refractivity contribution < 1.29 is 0 Å². The van der Waals surface area contributed by atoms with E-state index in [0.717, 1.165) is 47.9 Å². The number of fused-ring (bicyclic) bond motifs is 6. The summed E-state index contributed by atoms with van der Waals surface area (Å²) in [5.41, 5.74) is 6.62. The number of hydrogen-bond acceptors (Lipinski definition) is 6. The number of rotatable bonds is 1. The van der Waals surface area contributed by atoms with E-state index in [0.29, 0.717) is 22.8 Å². The Bertz CT molecular complexity index is 1670. The number of hydrogen-bond donors (Lipinski definition) is 1. The Labute approximate surface area is 245 Å². The van der Waals surface area contributed by atoms with E-state index in [2.05, 4.69) is 45.9 Å². The molecule has 4 aromatic rings. The lowest BCUT2D eigenvalue weighted by atomic mass is 10.0. The highest BCUT2D eigenvalue weighted by molar-refractivity contribution is 6.29. The molecule has 2 fully saturated rings. The molecule has 4 atom stereocenters. The Hall–Kier alpha value is -4.53. The summed E-state index contributed by atoms with van der Waals surface area (Å²) in [6.07, 6.45) is 5.98. The number of nitrogens with zero attached hydrogens (tertiary/aromatic N) is 7. The van der Waals surface area contributed by atoms with Gasteiger partial charge in [0, 0.05) is 36.9 Å². The van der Waals surface area contributed by atoms with Gasteiger partial charge in [-0.2, -0.15) is 0 Å². The molecule has 2 aromatic carbocycles. The van der Waals surface area contributed by atoms with Gasteiger partial charge < -0.3 is 10.2 Å². The summed E-state index contributed by atoms with van der Waals surface area (Å²) in [7, 11) is 0. The minimum absolute atomic E-state index is 0.498. The fraction of sp³-hybridized carbons (Fsp3) is 0.312. The van der Waals surface area contributed by atoms with Crippen LogP contribution in [-0.2, 0) is 0 Å². The quantitative estimate of drug-likeness (QED) is 0.189. The number of halogens is 1. The van der Waals surface area contributed by atoms with Gasteiger partial charge in [0.1, 0.15) is 22.6 Å². The molecule has 2 aliphatic heterocycles. The molecule has 4 heterocycles. The van der Waals surface area contributed by atoms with Gasteiger partial charge in [-0.25, -0.2) is 29.6 Å². The average Bonchev–Trinajstić information content (AvgIpc) is 3.91. The molecule has 9 heteroatoms. The third-order valence-corrected chi connectivity index (χ3v) is 8.20. The third kappa shape index (κ3) is 5.84. The standard InChI is InChI=1S/C16H14N4.C11H10N2.C5H5ClN2/c1-10-18-6-5-16(19-10)20-9-11-7-13(11)14-8-12(17-2)3-4-15(14)20;1-12-8-2-3-11-10(5-8)9-4-7(9)6-13-11;1-4-7-3-2-5(6)8-4/h3-6,8,11,13H,7,9H2,1H3;2-3,5,7,9,13H,4,6H2;2-3H,1H3. The average molecular weight is 561 g/mol. The zero-order valence-electron chi connectivity index (χ0n) is 22.9. The van der Waals surface area contributed by atoms with Gasteiger partial charge in [0.05, 0.1) is 13.1 Å². The number of aromatic nitrogens is 4. The Morgan fingerprint density at radius 1 is 0.829 bits per heavy atom. The molecule has 4 aliphatic rings. The fourth-order valence-electron chi connectivity index (χ4n) is 5.74. The lowest BCUT2D eigenvalue weighted by molar-refractivity contribution is 0.742. The molecule has 0 radical (unpaired) electrons. The van der Waals surface area contributed by atoms with Gasteiger partial charge >= 0.3 is 0 Å². The van der Waals surface area contributed by atoms with Crippen LogP contribution in [0.3, 0.4) is 0 Å². The SMILES string of the molecule is Cc1nccc(Cl)n1.[C-]#[N+]c1ccc2c(c1)C1CC1CN2.[C-]#[N+]c1ccc2c(c1)C1CC1CN2c1ccnc(C)n1. The predicted molar refractivity (Wildman–Crippen MR) is 161 cm³/mol. The van der Waals surface area contributed by atoms with Crippen molar-refractivity contribution in [2.75, 3.05) is 23.3 Å². The Kier molecular flexibility index (Phi) is 7.26. The number of anilines is 3. The van der Waals surface area contributed by atoms with Crippen LogP contribution in [0.15, 0.2) is 60.9 Å². The van der Waals surface area contributed by atoms with E-state index >= 15 is 0 Å². The highest BCUT2D eigenvalue weighted by Gasteiger charge is 2.45. The van der Waals surface area contributed by atoms with E-state index in [1.165, 1.54) is 35.3 Å². The molecule has 0 saturated heterocycles. The first-order valence-electron chi connectivity index (χ1n) is 13.7. The molecular formula is C32H29ClN8. The summed E-state index contributed by atoms with van der Waals surface area (Å²) < 4.78 is 0. The lowest BCUT2D eigenvalue weighted by Gasteiger charge is -2.30. The van der Waals surface area contributed by atoms with Crippen molar-refractivity contribution in [3.05, 3.63) is 112 Å². The molecular weight excluding hydrogens is 532 g/mol. The number of benzene rings is 2. The van der Waals surface area contributed by atoms with E-state index in [1.807, 2.05) is 49.5 Å². The molecule has 0 spiro atoms. The third-order valence-electron chi connectivity index (χ3n) is 7.99. The minimum atomic E-state index is 0.498. The Morgan fingerprint density at radius 2 is 1.49 bits per heavy atom. The van der Waals surface area contributed by atoms with Crippen molar-refractivity contribution in [1.29, 1.82) is 0 Å². The van der Waals surface area contributed by atoms with E-state index in [9.17, 15) is 0 Å². The number of aryl methyl sites for hydroxylation is 2. The van der Waals surface area contributed by atoms with Crippen LogP contribution in [0, 0.1) is 38.8 Å². The van der Waals surface area contributed by atoms with Gasteiger partial charge in [0.25, 0.3) is 0 Å². The summed E-state index contributed by atoms with van der Waals surface area (Å²) in [5.74, 6) is 5.40. The second-order valence-corrected chi connectivity index (χ2v) is 11.2. The Balaban J connectivity index is 0.000000123. The maximum absolute atomic E-state index is 7.17. The predicted octanol–water partition coefficient (Wildman–Crippen LogP) is 7.80.